The van der Waals surface area contributed by atoms with Gasteiger partial charge in [0, 0.05) is 17.1 Å². The van der Waals surface area contributed by atoms with Crippen molar-refractivity contribution in [2.24, 2.45) is 0 Å². The Morgan fingerprint density at radius 2 is 1.56 bits per heavy atom. The lowest BCUT2D eigenvalue weighted by Crippen LogP contribution is -3.62. The third kappa shape index (κ3) is 3.62. The molecule has 3 aromatic rings. The topological polar surface area (TPSA) is 70.1 Å². The Hall–Kier alpha value is -1.72. The van der Waals surface area contributed by atoms with Gasteiger partial charge in [-0.1, -0.05) is 30.3 Å². The maximum atomic E-state index is 10.7. The fourth-order valence-corrected chi connectivity index (χ4v) is 5.30. The molecule has 0 aliphatic carbocycles. The standard InChI is InChI=1S/C15H9IN.CHF3O3S/c1-4-10-5-2-7-12-14(10)11(6-1)15-13(16-12)8-3-9-17-15;2-1(3,4)8(5,6)7/h1-9H;(H,5,6,7)/q+1;/p-1. The highest BCUT2D eigenvalue weighted by atomic mass is 127. The molecule has 0 fully saturated rings. The first-order chi connectivity index (χ1) is 11.7. The Morgan fingerprint density at radius 3 is 2.20 bits per heavy atom. The number of halogens is 4. The number of benzene rings is 2. The van der Waals surface area contributed by atoms with Crippen molar-refractivity contribution in [1.82, 2.24) is 4.98 Å². The Morgan fingerprint density at radius 1 is 0.960 bits per heavy atom. The van der Waals surface area contributed by atoms with Crippen molar-refractivity contribution < 1.29 is 47.3 Å². The molecule has 0 saturated heterocycles. The average Bonchev–Trinajstić information content (AvgIpc) is 2.54. The van der Waals surface area contributed by atoms with E-state index in [0.29, 0.717) is 0 Å². The molecule has 0 saturated carbocycles. The fourth-order valence-electron chi connectivity index (χ4n) is 2.34. The molecular formula is C16H9F3INO3S. The summed E-state index contributed by atoms with van der Waals surface area (Å²) in [6, 6.07) is 17.4. The fraction of sp³-hybridized carbons (Fsp3) is 0.0625. The van der Waals surface area contributed by atoms with Crippen LogP contribution in [0.4, 0.5) is 13.2 Å². The summed E-state index contributed by atoms with van der Waals surface area (Å²) in [5, 5.41) is 2.77. The van der Waals surface area contributed by atoms with Crippen LogP contribution in [0.3, 0.4) is 0 Å². The number of alkyl halides is 3. The zero-order valence-corrected chi connectivity index (χ0v) is 15.3. The van der Waals surface area contributed by atoms with Gasteiger partial charge in [0.15, 0.2) is 10.1 Å². The number of aromatic nitrogens is 1. The van der Waals surface area contributed by atoms with E-state index in [1.54, 1.807) is 0 Å². The molecule has 1 aliphatic heterocycles. The average molecular weight is 479 g/mol. The summed E-state index contributed by atoms with van der Waals surface area (Å²) in [5.74, 6) is 0. The third-order valence-corrected chi connectivity index (χ3v) is 6.85. The smallest absolute Gasteiger partial charge is 0.485 e. The maximum absolute atomic E-state index is 10.7. The van der Waals surface area contributed by atoms with Gasteiger partial charge >= 0.3 is 26.7 Å². The summed E-state index contributed by atoms with van der Waals surface area (Å²) in [5.41, 5.74) is -3.14. The van der Waals surface area contributed by atoms with Gasteiger partial charge in [-0.15, -0.1) is 0 Å². The molecule has 1 aliphatic rings. The van der Waals surface area contributed by atoms with Crippen LogP contribution in [-0.2, 0) is 10.1 Å². The molecule has 0 unspecified atom stereocenters. The van der Waals surface area contributed by atoms with Crippen LogP contribution < -0.4 is 21.2 Å². The van der Waals surface area contributed by atoms with Crippen molar-refractivity contribution in [1.29, 1.82) is 0 Å². The minimum absolute atomic E-state index is 0.0781. The summed E-state index contributed by atoms with van der Waals surface area (Å²) >= 11 is -0.0781. The van der Waals surface area contributed by atoms with Crippen LogP contribution in [0.15, 0.2) is 54.7 Å². The van der Waals surface area contributed by atoms with Crippen LogP contribution in [0.25, 0.3) is 22.0 Å². The number of rotatable bonds is 0. The van der Waals surface area contributed by atoms with E-state index in [4.69, 9.17) is 13.0 Å². The number of hydrogen-bond acceptors (Lipinski definition) is 4. The molecule has 9 heteroatoms. The molecule has 2 heterocycles. The van der Waals surface area contributed by atoms with Gasteiger partial charge in [0.2, 0.25) is 7.14 Å². The molecule has 2 aromatic carbocycles. The highest BCUT2D eigenvalue weighted by Crippen LogP contribution is 2.28. The Kier molecular flexibility index (Phi) is 4.73. The predicted molar refractivity (Wildman–Crippen MR) is 80.3 cm³/mol. The van der Waals surface area contributed by atoms with Gasteiger partial charge in [-0.3, -0.25) is 4.98 Å². The summed E-state index contributed by atoms with van der Waals surface area (Å²) < 4.78 is 61.9. The zero-order chi connectivity index (χ0) is 18.2. The van der Waals surface area contributed by atoms with Crippen molar-refractivity contribution in [3.05, 3.63) is 61.9 Å². The minimum Gasteiger partial charge on any atom is -0.741 e. The van der Waals surface area contributed by atoms with Gasteiger partial charge in [0.1, 0.15) is 5.69 Å². The lowest BCUT2D eigenvalue weighted by Gasteiger charge is -2.10. The van der Waals surface area contributed by atoms with Gasteiger partial charge in [-0.05, 0) is 23.6 Å². The molecule has 0 N–H and O–H groups in total. The summed E-state index contributed by atoms with van der Waals surface area (Å²) in [6.07, 6.45) is 1.90. The second kappa shape index (κ2) is 6.54. The predicted octanol–water partition coefficient (Wildman–Crippen LogP) is 0.395. The molecule has 1 aromatic heterocycles. The number of pyridine rings is 1. The first-order valence-corrected chi connectivity index (χ1v) is 10.4. The molecule has 0 radical (unpaired) electrons. The van der Waals surface area contributed by atoms with Crippen LogP contribution in [0.5, 0.6) is 0 Å². The Labute approximate surface area is 151 Å². The van der Waals surface area contributed by atoms with Crippen molar-refractivity contribution in [2.45, 2.75) is 5.51 Å². The van der Waals surface area contributed by atoms with Crippen LogP contribution >= 0.6 is 0 Å². The number of fused-ring (bicyclic) bond motifs is 2. The second-order valence-corrected chi connectivity index (χ2v) is 9.21. The highest BCUT2D eigenvalue weighted by molar-refractivity contribution is 7.86. The number of nitrogens with zero attached hydrogens (tertiary/aromatic N) is 1. The molecule has 130 valence electrons. The van der Waals surface area contributed by atoms with Gasteiger partial charge in [0.05, 0.1) is 0 Å². The quantitative estimate of drug-likeness (QED) is 0.208. The molecule has 4 rings (SSSR count). The number of hydrogen-bond donors (Lipinski definition) is 0. The zero-order valence-electron chi connectivity index (χ0n) is 12.3. The summed E-state index contributed by atoms with van der Waals surface area (Å²) in [6.45, 7) is 0. The molecule has 0 spiro atoms. The molecule has 25 heavy (non-hydrogen) atoms. The van der Waals surface area contributed by atoms with Crippen molar-refractivity contribution in [2.75, 3.05) is 0 Å². The van der Waals surface area contributed by atoms with E-state index in [1.165, 1.54) is 29.2 Å². The maximum Gasteiger partial charge on any atom is 0.485 e. The van der Waals surface area contributed by atoms with E-state index in [-0.39, 0.29) is 21.2 Å². The van der Waals surface area contributed by atoms with E-state index < -0.39 is 15.6 Å². The van der Waals surface area contributed by atoms with Crippen molar-refractivity contribution in [3.8, 4) is 11.3 Å². The lowest BCUT2D eigenvalue weighted by molar-refractivity contribution is -0.595. The van der Waals surface area contributed by atoms with Crippen LogP contribution in [0, 0.1) is 7.14 Å². The van der Waals surface area contributed by atoms with E-state index in [2.05, 4.69) is 47.4 Å². The highest BCUT2D eigenvalue weighted by Gasteiger charge is 2.37. The van der Waals surface area contributed by atoms with Gasteiger partial charge < -0.3 is 4.55 Å². The normalized spacial score (nSPS) is 13.0. The second-order valence-electron chi connectivity index (χ2n) is 4.97. The lowest BCUT2D eigenvalue weighted by atomic mass is 10.0. The molecule has 0 bridgehead atoms. The van der Waals surface area contributed by atoms with Crippen molar-refractivity contribution in [3.63, 3.8) is 0 Å². The van der Waals surface area contributed by atoms with Gasteiger partial charge in [0.25, 0.3) is 0 Å². The molecule has 4 nitrogen and oxygen atoms in total. The van der Waals surface area contributed by atoms with E-state index in [9.17, 15) is 13.2 Å². The SMILES string of the molecule is O=S(=O)([O-])C(F)(F)F.c1cnc2c(c1)[I+]c1cccc3cccc-2c13. The van der Waals surface area contributed by atoms with Crippen LogP contribution in [0.1, 0.15) is 0 Å². The largest absolute Gasteiger partial charge is 0.741 e. The molecule has 0 atom stereocenters. The summed E-state index contributed by atoms with van der Waals surface area (Å²) in [4.78, 5) is 4.57. The third-order valence-electron chi connectivity index (χ3n) is 3.35. The minimum atomic E-state index is -6.09. The van der Waals surface area contributed by atoms with Gasteiger partial charge in [-0.25, -0.2) is 8.42 Å². The summed E-state index contributed by atoms with van der Waals surface area (Å²) in [7, 11) is -6.09. The van der Waals surface area contributed by atoms with Gasteiger partial charge in [-0.2, -0.15) is 13.2 Å². The van der Waals surface area contributed by atoms with E-state index in [0.717, 1.165) is 0 Å². The first-order valence-electron chi connectivity index (χ1n) is 6.82. The van der Waals surface area contributed by atoms with Crippen LogP contribution in [0.2, 0.25) is 0 Å². The van der Waals surface area contributed by atoms with Crippen molar-refractivity contribution >= 4 is 20.9 Å². The van der Waals surface area contributed by atoms with E-state index in [1.807, 2.05) is 12.3 Å². The monoisotopic (exact) mass is 479 g/mol. The first kappa shape index (κ1) is 18.1. The Balaban J connectivity index is 0.000000197. The van der Waals surface area contributed by atoms with E-state index >= 15 is 0 Å². The molecule has 0 amide bonds. The Bertz CT molecular complexity index is 1050. The van der Waals surface area contributed by atoms with Crippen LogP contribution in [-0.4, -0.2) is 23.5 Å². The molecular weight excluding hydrogens is 470 g/mol.